The van der Waals surface area contributed by atoms with Crippen LogP contribution < -0.4 is 5.32 Å². The minimum Gasteiger partial charge on any atom is -0.364 e. The van der Waals surface area contributed by atoms with Crippen molar-refractivity contribution in [2.75, 3.05) is 5.32 Å². The molecule has 16 heavy (non-hydrogen) atoms. The molecule has 84 valence electrons. The second kappa shape index (κ2) is 4.79. The van der Waals surface area contributed by atoms with Crippen molar-refractivity contribution in [3.8, 4) is 0 Å². The maximum Gasteiger partial charge on any atom is 0.126 e. The van der Waals surface area contributed by atoms with E-state index in [2.05, 4.69) is 22.3 Å². The van der Waals surface area contributed by atoms with Crippen LogP contribution in [-0.2, 0) is 13.1 Å². The SMILES string of the molecule is CCn1nccc1CNc1ccc(C)cn1. The second-order valence-electron chi connectivity index (χ2n) is 3.71. The summed E-state index contributed by atoms with van der Waals surface area (Å²) in [6.07, 6.45) is 3.68. The number of nitrogens with zero attached hydrogens (tertiary/aromatic N) is 3. The molecule has 0 fully saturated rings. The minimum absolute atomic E-state index is 0.754. The lowest BCUT2D eigenvalue weighted by Gasteiger charge is -2.07. The average molecular weight is 216 g/mol. The second-order valence-corrected chi connectivity index (χ2v) is 3.71. The van der Waals surface area contributed by atoms with Crippen molar-refractivity contribution >= 4 is 5.82 Å². The molecule has 0 bridgehead atoms. The number of aromatic nitrogens is 3. The van der Waals surface area contributed by atoms with Crippen LogP contribution in [0.3, 0.4) is 0 Å². The maximum absolute atomic E-state index is 4.29. The smallest absolute Gasteiger partial charge is 0.126 e. The lowest BCUT2D eigenvalue weighted by atomic mass is 10.3. The Hall–Kier alpha value is -1.84. The Kier molecular flexibility index (Phi) is 3.19. The zero-order chi connectivity index (χ0) is 11.4. The van der Waals surface area contributed by atoms with Gasteiger partial charge < -0.3 is 5.32 Å². The summed E-state index contributed by atoms with van der Waals surface area (Å²) in [5, 5.41) is 7.49. The molecule has 0 aliphatic carbocycles. The summed E-state index contributed by atoms with van der Waals surface area (Å²) in [7, 11) is 0. The summed E-state index contributed by atoms with van der Waals surface area (Å²) in [6, 6.07) is 6.05. The van der Waals surface area contributed by atoms with Crippen molar-refractivity contribution in [1.82, 2.24) is 14.8 Å². The number of anilines is 1. The summed E-state index contributed by atoms with van der Waals surface area (Å²) < 4.78 is 1.97. The molecule has 0 unspecified atom stereocenters. The van der Waals surface area contributed by atoms with Gasteiger partial charge in [0.05, 0.1) is 12.2 Å². The number of nitrogens with one attached hydrogen (secondary N) is 1. The maximum atomic E-state index is 4.29. The van der Waals surface area contributed by atoms with Gasteiger partial charge in [-0.1, -0.05) is 6.07 Å². The van der Waals surface area contributed by atoms with Crippen LogP contribution in [0.5, 0.6) is 0 Å². The van der Waals surface area contributed by atoms with Crippen LogP contribution in [0.1, 0.15) is 18.2 Å². The molecular weight excluding hydrogens is 200 g/mol. The van der Waals surface area contributed by atoms with Crippen LogP contribution in [0.2, 0.25) is 0 Å². The third-order valence-electron chi connectivity index (χ3n) is 2.47. The van der Waals surface area contributed by atoms with Gasteiger partial charge in [-0.15, -0.1) is 0 Å². The lowest BCUT2D eigenvalue weighted by Crippen LogP contribution is -2.08. The molecule has 0 saturated carbocycles. The van der Waals surface area contributed by atoms with E-state index in [1.54, 1.807) is 0 Å². The molecule has 2 rings (SSSR count). The standard InChI is InChI=1S/C12H16N4/c1-3-16-11(6-7-15-16)9-14-12-5-4-10(2)8-13-12/h4-8H,3,9H2,1-2H3,(H,13,14). The molecule has 0 spiro atoms. The van der Waals surface area contributed by atoms with Crippen molar-refractivity contribution < 1.29 is 0 Å². The first kappa shape index (κ1) is 10.7. The molecule has 0 amide bonds. The van der Waals surface area contributed by atoms with Crippen LogP contribution in [0, 0.1) is 6.92 Å². The van der Waals surface area contributed by atoms with Crippen molar-refractivity contribution in [3.63, 3.8) is 0 Å². The average Bonchev–Trinajstić information content (AvgIpc) is 2.76. The van der Waals surface area contributed by atoms with E-state index >= 15 is 0 Å². The number of pyridine rings is 1. The quantitative estimate of drug-likeness (QED) is 0.852. The zero-order valence-electron chi connectivity index (χ0n) is 9.64. The Morgan fingerprint density at radius 1 is 1.31 bits per heavy atom. The van der Waals surface area contributed by atoms with E-state index in [0.717, 1.165) is 18.9 Å². The van der Waals surface area contributed by atoms with Crippen LogP contribution in [0.15, 0.2) is 30.6 Å². The van der Waals surface area contributed by atoms with E-state index in [4.69, 9.17) is 0 Å². The van der Waals surface area contributed by atoms with Crippen LogP contribution in [-0.4, -0.2) is 14.8 Å². The Labute approximate surface area is 95.3 Å². The summed E-state index contributed by atoms with van der Waals surface area (Å²) in [6.45, 7) is 5.76. The molecular formula is C12H16N4. The normalized spacial score (nSPS) is 10.4. The highest BCUT2D eigenvalue weighted by Gasteiger charge is 2.00. The molecule has 0 radical (unpaired) electrons. The van der Waals surface area contributed by atoms with Gasteiger partial charge in [0.2, 0.25) is 0 Å². The van der Waals surface area contributed by atoms with Gasteiger partial charge in [-0.05, 0) is 31.5 Å². The van der Waals surface area contributed by atoms with Gasteiger partial charge in [-0.2, -0.15) is 5.10 Å². The topological polar surface area (TPSA) is 42.7 Å². The van der Waals surface area contributed by atoms with Crippen molar-refractivity contribution in [1.29, 1.82) is 0 Å². The molecule has 2 aromatic heterocycles. The van der Waals surface area contributed by atoms with Gasteiger partial charge in [0.15, 0.2) is 0 Å². The predicted octanol–water partition coefficient (Wildman–Crippen LogP) is 2.22. The van der Waals surface area contributed by atoms with E-state index in [-0.39, 0.29) is 0 Å². The van der Waals surface area contributed by atoms with Crippen LogP contribution in [0.4, 0.5) is 5.82 Å². The van der Waals surface area contributed by atoms with Gasteiger partial charge in [-0.3, -0.25) is 4.68 Å². The fraction of sp³-hybridized carbons (Fsp3) is 0.333. The largest absolute Gasteiger partial charge is 0.364 e. The molecule has 2 aromatic rings. The molecule has 0 aromatic carbocycles. The Morgan fingerprint density at radius 3 is 2.88 bits per heavy atom. The molecule has 0 aliphatic rings. The first-order valence-corrected chi connectivity index (χ1v) is 5.47. The highest BCUT2D eigenvalue weighted by molar-refractivity contribution is 5.35. The van der Waals surface area contributed by atoms with Gasteiger partial charge >= 0.3 is 0 Å². The van der Waals surface area contributed by atoms with E-state index in [1.807, 2.05) is 42.2 Å². The van der Waals surface area contributed by atoms with Crippen molar-refractivity contribution in [2.45, 2.75) is 26.9 Å². The predicted molar refractivity (Wildman–Crippen MR) is 64.2 cm³/mol. The zero-order valence-corrected chi connectivity index (χ0v) is 9.64. The lowest BCUT2D eigenvalue weighted by molar-refractivity contribution is 0.627. The van der Waals surface area contributed by atoms with E-state index in [0.29, 0.717) is 0 Å². The molecule has 1 N–H and O–H groups in total. The fourth-order valence-corrected chi connectivity index (χ4v) is 1.55. The Morgan fingerprint density at radius 2 is 2.19 bits per heavy atom. The molecule has 2 heterocycles. The first-order chi connectivity index (χ1) is 7.79. The minimum atomic E-state index is 0.754. The van der Waals surface area contributed by atoms with Gasteiger partial charge in [0.1, 0.15) is 5.82 Å². The summed E-state index contributed by atoms with van der Waals surface area (Å²) in [5.41, 5.74) is 2.34. The van der Waals surface area contributed by atoms with Crippen molar-refractivity contribution in [3.05, 3.63) is 41.9 Å². The monoisotopic (exact) mass is 216 g/mol. The third kappa shape index (κ3) is 2.39. The third-order valence-corrected chi connectivity index (χ3v) is 2.47. The summed E-state index contributed by atoms with van der Waals surface area (Å²) in [4.78, 5) is 4.29. The van der Waals surface area contributed by atoms with E-state index in [9.17, 15) is 0 Å². The van der Waals surface area contributed by atoms with Gasteiger partial charge in [-0.25, -0.2) is 4.98 Å². The molecule has 4 heteroatoms. The molecule has 0 saturated heterocycles. The first-order valence-electron chi connectivity index (χ1n) is 5.47. The van der Waals surface area contributed by atoms with Crippen LogP contribution in [0.25, 0.3) is 0 Å². The summed E-state index contributed by atoms with van der Waals surface area (Å²) >= 11 is 0. The Balaban J connectivity index is 1.99. The van der Waals surface area contributed by atoms with Crippen molar-refractivity contribution in [2.24, 2.45) is 0 Å². The highest BCUT2D eigenvalue weighted by atomic mass is 15.3. The van der Waals surface area contributed by atoms with Gasteiger partial charge in [0.25, 0.3) is 0 Å². The fourth-order valence-electron chi connectivity index (χ4n) is 1.55. The number of hydrogen-bond acceptors (Lipinski definition) is 3. The van der Waals surface area contributed by atoms with Crippen LogP contribution >= 0.6 is 0 Å². The highest BCUT2D eigenvalue weighted by Crippen LogP contribution is 2.06. The van der Waals surface area contributed by atoms with E-state index in [1.165, 1.54) is 11.3 Å². The number of aryl methyl sites for hydroxylation is 2. The van der Waals surface area contributed by atoms with Gasteiger partial charge in [0, 0.05) is 18.9 Å². The summed E-state index contributed by atoms with van der Waals surface area (Å²) in [5.74, 6) is 0.898. The van der Waals surface area contributed by atoms with E-state index < -0.39 is 0 Å². The number of hydrogen-bond donors (Lipinski definition) is 1. The Bertz CT molecular complexity index is 444. The molecule has 0 atom stereocenters. The number of rotatable bonds is 4. The molecule has 4 nitrogen and oxygen atoms in total. The molecule has 0 aliphatic heterocycles.